The van der Waals surface area contributed by atoms with Crippen LogP contribution in [0.25, 0.3) is 11.8 Å². The number of hydrogen-bond acceptors (Lipinski definition) is 3. The normalized spacial score (nSPS) is 14.6. The Kier molecular flexibility index (Phi) is 6.33. The Morgan fingerprint density at radius 2 is 1.91 bits per heavy atom. The van der Waals surface area contributed by atoms with Crippen molar-refractivity contribution in [3.8, 4) is 5.69 Å². The lowest BCUT2D eigenvalue weighted by atomic mass is 10.1. The molecule has 0 spiro atoms. The summed E-state index contributed by atoms with van der Waals surface area (Å²) in [6.07, 6.45) is 4.17. The minimum absolute atomic E-state index is 0.0971. The lowest BCUT2D eigenvalue weighted by Crippen LogP contribution is -2.38. The van der Waals surface area contributed by atoms with Crippen LogP contribution in [0.2, 0.25) is 5.02 Å². The molecule has 33 heavy (non-hydrogen) atoms. The fourth-order valence-corrected chi connectivity index (χ4v) is 3.80. The second-order valence-electron chi connectivity index (χ2n) is 7.67. The van der Waals surface area contributed by atoms with E-state index in [9.17, 15) is 14.4 Å². The summed E-state index contributed by atoms with van der Waals surface area (Å²) in [6.45, 7) is 3.53. The summed E-state index contributed by atoms with van der Waals surface area (Å²) < 4.78 is 1.86. The number of carbonyl (C=O) groups is 3. The smallest absolute Gasteiger partial charge is 0.324 e. The summed E-state index contributed by atoms with van der Waals surface area (Å²) in [5, 5.41) is 5.97. The number of carbonyl (C=O) groups excluding carboxylic acids is 3. The Morgan fingerprint density at radius 1 is 1.12 bits per heavy atom. The van der Waals surface area contributed by atoms with Crippen LogP contribution in [0.5, 0.6) is 0 Å². The molecular weight excluding hydrogens is 440 g/mol. The molecule has 4 rings (SSSR count). The number of amides is 4. The molecule has 2 aromatic carbocycles. The van der Waals surface area contributed by atoms with Crippen LogP contribution in [-0.2, 0) is 16.0 Å². The van der Waals surface area contributed by atoms with Gasteiger partial charge in [-0.1, -0.05) is 42.8 Å². The number of imide groups is 1. The Balaban J connectivity index is 1.51. The molecule has 0 saturated carbocycles. The molecule has 8 heteroatoms. The zero-order chi connectivity index (χ0) is 23.5. The first kappa shape index (κ1) is 22.4. The highest BCUT2D eigenvalue weighted by Gasteiger charge is 2.35. The van der Waals surface area contributed by atoms with E-state index in [-0.39, 0.29) is 12.2 Å². The van der Waals surface area contributed by atoms with E-state index in [0.29, 0.717) is 16.4 Å². The maximum atomic E-state index is 12.9. The minimum Gasteiger partial charge on any atom is -0.324 e. The number of halogens is 1. The van der Waals surface area contributed by atoms with Gasteiger partial charge < -0.3 is 15.2 Å². The number of anilines is 1. The first-order chi connectivity index (χ1) is 15.9. The van der Waals surface area contributed by atoms with E-state index in [0.717, 1.165) is 28.1 Å². The van der Waals surface area contributed by atoms with E-state index in [1.54, 1.807) is 12.1 Å². The third kappa shape index (κ3) is 4.68. The summed E-state index contributed by atoms with van der Waals surface area (Å²) in [4.78, 5) is 38.7. The molecular formula is C25H23ClN4O3. The van der Waals surface area contributed by atoms with Crippen LogP contribution >= 0.6 is 11.6 Å². The van der Waals surface area contributed by atoms with Crippen molar-refractivity contribution in [3.63, 3.8) is 0 Å². The van der Waals surface area contributed by atoms with Crippen LogP contribution in [-0.4, -0.2) is 33.9 Å². The quantitative estimate of drug-likeness (QED) is 0.417. The number of rotatable bonds is 6. The molecule has 4 amide bonds. The molecule has 0 atom stereocenters. The summed E-state index contributed by atoms with van der Waals surface area (Å²) >= 11 is 6.26. The maximum Gasteiger partial charge on any atom is 0.329 e. The van der Waals surface area contributed by atoms with Crippen LogP contribution in [0.1, 0.15) is 23.7 Å². The molecule has 2 N–H and O–H groups in total. The first-order valence-corrected chi connectivity index (χ1v) is 10.9. The lowest BCUT2D eigenvalue weighted by molar-refractivity contribution is -0.127. The average molecular weight is 463 g/mol. The van der Waals surface area contributed by atoms with Crippen molar-refractivity contribution in [3.05, 3.63) is 88.3 Å². The van der Waals surface area contributed by atoms with Gasteiger partial charge in [0.2, 0.25) is 5.91 Å². The van der Waals surface area contributed by atoms with Gasteiger partial charge in [-0.3, -0.25) is 9.59 Å². The Hall–Kier alpha value is -3.84. The van der Waals surface area contributed by atoms with Gasteiger partial charge in [-0.2, -0.15) is 0 Å². The molecule has 2 heterocycles. The number of aryl methyl sites for hydroxylation is 2. The molecule has 1 saturated heterocycles. The van der Waals surface area contributed by atoms with Crippen molar-refractivity contribution >= 4 is 41.2 Å². The van der Waals surface area contributed by atoms with Gasteiger partial charge in [0.05, 0.1) is 0 Å². The summed E-state index contributed by atoms with van der Waals surface area (Å²) in [5.74, 6) is -1.01. The number of nitrogens with zero attached hydrogens (tertiary/aromatic N) is 2. The maximum absolute atomic E-state index is 12.9. The van der Waals surface area contributed by atoms with Gasteiger partial charge in [-0.15, -0.1) is 0 Å². The van der Waals surface area contributed by atoms with E-state index in [4.69, 9.17) is 11.6 Å². The zero-order valence-electron chi connectivity index (χ0n) is 18.3. The molecule has 0 radical (unpaired) electrons. The highest BCUT2D eigenvalue weighted by atomic mass is 35.5. The van der Waals surface area contributed by atoms with Crippen molar-refractivity contribution in [1.82, 2.24) is 14.8 Å². The van der Waals surface area contributed by atoms with E-state index in [1.807, 2.05) is 73.1 Å². The number of nitrogens with one attached hydrogen (secondary N) is 2. The predicted octanol–water partition coefficient (Wildman–Crippen LogP) is 4.53. The van der Waals surface area contributed by atoms with E-state index < -0.39 is 17.8 Å². The van der Waals surface area contributed by atoms with Crippen LogP contribution in [0, 0.1) is 6.92 Å². The molecule has 0 aliphatic carbocycles. The standard InChI is InChI=1S/C25H23ClN4O3/c1-3-17-7-4-5-9-21(17)27-23(31)15-30-24(32)22(28-25(30)33)14-18-8-6-12-29(18)19-11-10-16(2)20(26)13-19/h4-14H,3,15H2,1-2H3,(H,27,31)(H,28,33)/b22-14+. The predicted molar refractivity (Wildman–Crippen MR) is 128 cm³/mol. The van der Waals surface area contributed by atoms with Crippen LogP contribution < -0.4 is 10.6 Å². The number of hydrogen-bond donors (Lipinski definition) is 2. The average Bonchev–Trinajstić information content (AvgIpc) is 3.36. The first-order valence-electron chi connectivity index (χ1n) is 10.5. The largest absolute Gasteiger partial charge is 0.329 e. The minimum atomic E-state index is -0.637. The Bertz CT molecular complexity index is 1280. The third-order valence-corrected chi connectivity index (χ3v) is 5.85. The topological polar surface area (TPSA) is 83.4 Å². The second-order valence-corrected chi connectivity index (χ2v) is 8.08. The Labute approximate surface area is 196 Å². The highest BCUT2D eigenvalue weighted by Crippen LogP contribution is 2.23. The number of aromatic nitrogens is 1. The van der Waals surface area contributed by atoms with Gasteiger partial charge in [0.25, 0.3) is 5.91 Å². The summed E-state index contributed by atoms with van der Waals surface area (Å²) in [5.41, 5.74) is 4.20. The van der Waals surface area contributed by atoms with E-state index in [1.165, 1.54) is 0 Å². The number of benzene rings is 2. The van der Waals surface area contributed by atoms with Gasteiger partial charge in [0, 0.05) is 28.3 Å². The number of para-hydroxylation sites is 1. The van der Waals surface area contributed by atoms with Crippen molar-refractivity contribution in [2.45, 2.75) is 20.3 Å². The van der Waals surface area contributed by atoms with Crippen molar-refractivity contribution < 1.29 is 14.4 Å². The van der Waals surface area contributed by atoms with Crippen LogP contribution in [0.4, 0.5) is 10.5 Å². The monoisotopic (exact) mass is 462 g/mol. The third-order valence-electron chi connectivity index (χ3n) is 5.44. The molecule has 0 bridgehead atoms. The molecule has 1 fully saturated rings. The van der Waals surface area contributed by atoms with E-state index in [2.05, 4.69) is 10.6 Å². The summed E-state index contributed by atoms with van der Waals surface area (Å²) in [6, 6.07) is 16.1. The number of urea groups is 1. The van der Waals surface area contributed by atoms with Gasteiger partial charge in [0.1, 0.15) is 12.2 Å². The van der Waals surface area contributed by atoms with E-state index >= 15 is 0 Å². The van der Waals surface area contributed by atoms with Gasteiger partial charge >= 0.3 is 6.03 Å². The highest BCUT2D eigenvalue weighted by molar-refractivity contribution is 6.31. The molecule has 1 aliphatic heterocycles. The fourth-order valence-electron chi connectivity index (χ4n) is 3.63. The van der Waals surface area contributed by atoms with Gasteiger partial charge in [-0.05, 0) is 60.9 Å². The molecule has 168 valence electrons. The Morgan fingerprint density at radius 3 is 2.67 bits per heavy atom. The van der Waals surface area contributed by atoms with Crippen molar-refractivity contribution in [1.29, 1.82) is 0 Å². The molecule has 1 aromatic heterocycles. The SMILES string of the molecule is CCc1ccccc1NC(=O)CN1C(=O)N/C(=C/c2cccn2-c2ccc(C)c(Cl)c2)C1=O. The fraction of sp³-hybridized carbons (Fsp3) is 0.160. The van der Waals surface area contributed by atoms with Gasteiger partial charge in [-0.25, -0.2) is 9.69 Å². The molecule has 0 unspecified atom stereocenters. The van der Waals surface area contributed by atoms with Crippen molar-refractivity contribution in [2.75, 3.05) is 11.9 Å². The summed E-state index contributed by atoms with van der Waals surface area (Å²) in [7, 11) is 0. The lowest BCUT2D eigenvalue weighted by Gasteiger charge is -2.13. The zero-order valence-corrected chi connectivity index (χ0v) is 19.0. The van der Waals surface area contributed by atoms with Crippen LogP contribution in [0.15, 0.2) is 66.5 Å². The second kappa shape index (κ2) is 9.34. The van der Waals surface area contributed by atoms with Gasteiger partial charge in [0.15, 0.2) is 0 Å². The molecule has 1 aliphatic rings. The van der Waals surface area contributed by atoms with Crippen LogP contribution in [0.3, 0.4) is 0 Å². The van der Waals surface area contributed by atoms with Crippen molar-refractivity contribution in [2.24, 2.45) is 0 Å². The molecule has 3 aromatic rings. The molecule has 7 nitrogen and oxygen atoms in total.